The van der Waals surface area contributed by atoms with Crippen LogP contribution in [0.15, 0.2) is 18.2 Å². The van der Waals surface area contributed by atoms with E-state index in [1.165, 1.54) is 0 Å². The fourth-order valence-corrected chi connectivity index (χ4v) is 2.70. The molecule has 0 aliphatic carbocycles. The average Bonchev–Trinajstić information content (AvgIpc) is 2.37. The van der Waals surface area contributed by atoms with Gasteiger partial charge >= 0.3 is 5.97 Å². The van der Waals surface area contributed by atoms with Crippen LogP contribution >= 0.6 is 11.6 Å². The first-order valence-electron chi connectivity index (χ1n) is 6.43. The van der Waals surface area contributed by atoms with Crippen molar-refractivity contribution in [2.24, 2.45) is 5.92 Å². The minimum Gasteiger partial charge on any atom is -0.481 e. The molecule has 0 aromatic heterocycles. The van der Waals surface area contributed by atoms with Crippen molar-refractivity contribution in [2.75, 3.05) is 13.1 Å². The van der Waals surface area contributed by atoms with Crippen LogP contribution in [0, 0.1) is 11.7 Å². The first kappa shape index (κ1) is 14.3. The van der Waals surface area contributed by atoms with Gasteiger partial charge in [0.15, 0.2) is 0 Å². The van der Waals surface area contributed by atoms with Crippen molar-refractivity contribution >= 4 is 17.6 Å². The highest BCUT2D eigenvalue weighted by molar-refractivity contribution is 6.30. The molecule has 0 atom stereocenters. The average molecular weight is 286 g/mol. The Balaban J connectivity index is 1.89. The zero-order valence-corrected chi connectivity index (χ0v) is 11.4. The Morgan fingerprint density at radius 3 is 2.74 bits per heavy atom. The summed E-state index contributed by atoms with van der Waals surface area (Å²) in [6.07, 6.45) is 1.95. The fourth-order valence-electron chi connectivity index (χ4n) is 2.51. The monoisotopic (exact) mass is 285 g/mol. The van der Waals surface area contributed by atoms with Crippen molar-refractivity contribution in [2.45, 2.75) is 25.8 Å². The number of hydrogen-bond acceptors (Lipinski definition) is 2. The molecule has 0 amide bonds. The number of carboxylic acids is 1. The molecular weight excluding hydrogens is 269 g/mol. The standard InChI is InChI=1S/C14H17ClFNO2/c15-12-3-1-2-11(14(12)16)9-17-6-4-10(5-7-17)8-13(18)19/h1-3,10H,4-9H2,(H,18,19). The Hall–Kier alpha value is -1.13. The molecule has 1 fully saturated rings. The summed E-state index contributed by atoms with van der Waals surface area (Å²) < 4.78 is 13.8. The maximum atomic E-state index is 13.8. The Kier molecular flexibility index (Phi) is 4.77. The minimum atomic E-state index is -0.737. The summed E-state index contributed by atoms with van der Waals surface area (Å²) in [4.78, 5) is 12.8. The number of nitrogens with zero attached hydrogens (tertiary/aromatic N) is 1. The molecule has 1 saturated heterocycles. The Bertz CT molecular complexity index is 459. The number of halogens is 2. The van der Waals surface area contributed by atoms with Gasteiger partial charge in [0, 0.05) is 18.5 Å². The molecule has 0 spiro atoms. The molecule has 0 saturated carbocycles. The topological polar surface area (TPSA) is 40.5 Å². The van der Waals surface area contributed by atoms with Crippen LogP contribution < -0.4 is 0 Å². The van der Waals surface area contributed by atoms with E-state index in [2.05, 4.69) is 4.90 Å². The summed E-state index contributed by atoms with van der Waals surface area (Å²) in [5.41, 5.74) is 0.601. The van der Waals surface area contributed by atoms with Gasteiger partial charge in [0.05, 0.1) is 5.02 Å². The first-order chi connectivity index (χ1) is 9.06. The zero-order chi connectivity index (χ0) is 13.8. The van der Waals surface area contributed by atoms with Gasteiger partial charge in [-0.2, -0.15) is 0 Å². The van der Waals surface area contributed by atoms with E-state index in [-0.39, 0.29) is 23.2 Å². The number of hydrogen-bond donors (Lipinski definition) is 1. The predicted molar refractivity (Wildman–Crippen MR) is 71.7 cm³/mol. The van der Waals surface area contributed by atoms with Crippen LogP contribution in [-0.2, 0) is 11.3 Å². The quantitative estimate of drug-likeness (QED) is 0.924. The summed E-state index contributed by atoms with van der Waals surface area (Å²) in [7, 11) is 0. The summed E-state index contributed by atoms with van der Waals surface area (Å²) >= 11 is 5.75. The van der Waals surface area contributed by atoms with Gasteiger partial charge in [-0.15, -0.1) is 0 Å². The van der Waals surface area contributed by atoms with Gasteiger partial charge in [-0.3, -0.25) is 9.69 Å². The molecule has 1 aromatic rings. The number of likely N-dealkylation sites (tertiary alicyclic amines) is 1. The SMILES string of the molecule is O=C(O)CC1CCN(Cc2cccc(Cl)c2F)CC1. The van der Waals surface area contributed by atoms with E-state index in [1.807, 2.05) is 0 Å². The van der Waals surface area contributed by atoms with Gasteiger partial charge in [0.25, 0.3) is 0 Å². The third-order valence-corrected chi connectivity index (χ3v) is 3.89. The smallest absolute Gasteiger partial charge is 0.303 e. The largest absolute Gasteiger partial charge is 0.481 e. The van der Waals surface area contributed by atoms with Gasteiger partial charge in [0.2, 0.25) is 0 Å². The molecule has 0 bridgehead atoms. The van der Waals surface area contributed by atoms with Crippen molar-refractivity contribution in [3.8, 4) is 0 Å². The number of benzene rings is 1. The van der Waals surface area contributed by atoms with E-state index >= 15 is 0 Å². The molecule has 1 aromatic carbocycles. The summed E-state index contributed by atoms with van der Waals surface area (Å²) in [6, 6.07) is 5.03. The third-order valence-electron chi connectivity index (χ3n) is 3.60. The van der Waals surface area contributed by atoms with E-state index < -0.39 is 5.97 Å². The van der Waals surface area contributed by atoms with Crippen LogP contribution in [0.25, 0.3) is 0 Å². The number of carbonyl (C=O) groups is 1. The van der Waals surface area contributed by atoms with E-state index in [1.54, 1.807) is 18.2 Å². The lowest BCUT2D eigenvalue weighted by atomic mass is 9.93. The molecular formula is C14H17ClFNO2. The predicted octanol–water partition coefficient (Wildman–Crippen LogP) is 3.17. The fraction of sp³-hybridized carbons (Fsp3) is 0.500. The second kappa shape index (κ2) is 6.35. The number of carboxylic acid groups (broad SMARTS) is 1. The second-order valence-corrected chi connectivity index (χ2v) is 5.44. The van der Waals surface area contributed by atoms with Crippen molar-refractivity contribution < 1.29 is 14.3 Å². The first-order valence-corrected chi connectivity index (χ1v) is 6.81. The lowest BCUT2D eigenvalue weighted by Crippen LogP contribution is -2.34. The third kappa shape index (κ3) is 3.91. The van der Waals surface area contributed by atoms with E-state index in [0.717, 1.165) is 25.9 Å². The minimum absolute atomic E-state index is 0.151. The molecule has 0 radical (unpaired) electrons. The number of rotatable bonds is 4. The van der Waals surface area contributed by atoms with Gasteiger partial charge in [-0.25, -0.2) is 4.39 Å². The van der Waals surface area contributed by atoms with Crippen LogP contribution in [0.3, 0.4) is 0 Å². The van der Waals surface area contributed by atoms with Crippen LogP contribution in [0.4, 0.5) is 4.39 Å². The molecule has 2 rings (SSSR count). The van der Waals surface area contributed by atoms with Crippen LogP contribution in [0.5, 0.6) is 0 Å². The van der Waals surface area contributed by atoms with Crippen molar-refractivity contribution in [1.29, 1.82) is 0 Å². The molecule has 1 aliphatic heterocycles. The number of piperidine rings is 1. The lowest BCUT2D eigenvalue weighted by Gasteiger charge is -2.31. The van der Waals surface area contributed by atoms with Gasteiger partial charge in [-0.1, -0.05) is 23.7 Å². The van der Waals surface area contributed by atoms with Crippen LogP contribution in [0.1, 0.15) is 24.8 Å². The highest BCUT2D eigenvalue weighted by Crippen LogP contribution is 2.24. The summed E-state index contributed by atoms with van der Waals surface area (Å²) in [5, 5.41) is 8.91. The zero-order valence-electron chi connectivity index (χ0n) is 10.6. The van der Waals surface area contributed by atoms with Crippen LogP contribution in [-0.4, -0.2) is 29.1 Å². The second-order valence-electron chi connectivity index (χ2n) is 5.03. The molecule has 104 valence electrons. The van der Waals surface area contributed by atoms with E-state index in [9.17, 15) is 9.18 Å². The van der Waals surface area contributed by atoms with E-state index in [4.69, 9.17) is 16.7 Å². The molecule has 19 heavy (non-hydrogen) atoms. The molecule has 1 aliphatic rings. The van der Waals surface area contributed by atoms with Crippen LogP contribution in [0.2, 0.25) is 5.02 Å². The number of aliphatic carboxylic acids is 1. The highest BCUT2D eigenvalue weighted by atomic mass is 35.5. The molecule has 1 N–H and O–H groups in total. The van der Waals surface area contributed by atoms with E-state index in [0.29, 0.717) is 12.1 Å². The maximum absolute atomic E-state index is 13.8. The normalized spacial score (nSPS) is 17.6. The molecule has 3 nitrogen and oxygen atoms in total. The van der Waals surface area contributed by atoms with Crippen molar-refractivity contribution in [1.82, 2.24) is 4.90 Å². The highest BCUT2D eigenvalue weighted by Gasteiger charge is 2.22. The molecule has 1 heterocycles. The van der Waals surface area contributed by atoms with Gasteiger partial charge in [0.1, 0.15) is 5.82 Å². The Morgan fingerprint density at radius 1 is 1.42 bits per heavy atom. The summed E-state index contributed by atoms with van der Waals surface area (Å²) in [5.74, 6) is -0.839. The summed E-state index contributed by atoms with van der Waals surface area (Å²) in [6.45, 7) is 2.15. The lowest BCUT2D eigenvalue weighted by molar-refractivity contribution is -0.138. The Morgan fingerprint density at radius 2 is 2.11 bits per heavy atom. The Labute approximate surface area is 117 Å². The van der Waals surface area contributed by atoms with Gasteiger partial charge < -0.3 is 5.11 Å². The molecule has 0 unspecified atom stereocenters. The van der Waals surface area contributed by atoms with Crippen molar-refractivity contribution in [3.05, 3.63) is 34.6 Å². The molecule has 5 heteroatoms. The maximum Gasteiger partial charge on any atom is 0.303 e. The van der Waals surface area contributed by atoms with Gasteiger partial charge in [-0.05, 0) is 37.9 Å². The van der Waals surface area contributed by atoms with Crippen molar-refractivity contribution in [3.63, 3.8) is 0 Å².